The van der Waals surface area contributed by atoms with Gasteiger partial charge in [0.15, 0.2) is 0 Å². The molecule has 4 nitrogen and oxygen atoms in total. The minimum atomic E-state index is -0.534. The van der Waals surface area contributed by atoms with Gasteiger partial charge < -0.3 is 10.1 Å². The monoisotopic (exact) mass is 302 g/mol. The molecule has 0 fully saturated rings. The van der Waals surface area contributed by atoms with Gasteiger partial charge in [0.1, 0.15) is 11.4 Å². The molecule has 0 spiro atoms. The maximum Gasteiger partial charge on any atom is 0.412 e. The largest absolute Gasteiger partial charge is 0.444 e. The van der Waals surface area contributed by atoms with Gasteiger partial charge in [-0.2, -0.15) is 0 Å². The summed E-state index contributed by atoms with van der Waals surface area (Å²) in [5.41, 5.74) is 1.73. The molecule has 0 saturated carbocycles. The van der Waals surface area contributed by atoms with Crippen LogP contribution in [0.25, 0.3) is 0 Å². The average Bonchev–Trinajstić information content (AvgIpc) is 2.41. The summed E-state index contributed by atoms with van der Waals surface area (Å²) in [5.74, 6) is -0.276. The number of nitrogens with one attached hydrogen (secondary N) is 2. The third kappa shape index (κ3) is 5.09. The molecule has 116 valence electrons. The lowest BCUT2D eigenvalue weighted by molar-refractivity contribution is 0.0636. The Morgan fingerprint density at radius 2 is 1.36 bits per heavy atom. The van der Waals surface area contributed by atoms with Crippen LogP contribution in [0, 0.1) is 5.82 Å². The van der Waals surface area contributed by atoms with E-state index in [0.29, 0.717) is 5.69 Å². The number of hydrogen-bond acceptors (Lipinski definition) is 3. The van der Waals surface area contributed by atoms with Crippen molar-refractivity contribution in [1.82, 2.24) is 0 Å². The Labute approximate surface area is 129 Å². The zero-order valence-corrected chi connectivity index (χ0v) is 12.8. The number of carbonyl (C=O) groups excluding carboxylic acids is 1. The van der Waals surface area contributed by atoms with Crippen LogP contribution in [0.15, 0.2) is 48.5 Å². The number of halogens is 1. The quantitative estimate of drug-likeness (QED) is 0.846. The first-order valence-electron chi connectivity index (χ1n) is 6.94. The molecule has 1 amide bonds. The third-order valence-corrected chi connectivity index (χ3v) is 2.66. The first-order chi connectivity index (χ1) is 10.3. The van der Waals surface area contributed by atoms with Gasteiger partial charge in [-0.3, -0.25) is 5.32 Å². The third-order valence-electron chi connectivity index (χ3n) is 2.66. The molecule has 2 aromatic carbocycles. The highest BCUT2D eigenvalue weighted by molar-refractivity contribution is 5.85. The van der Waals surface area contributed by atoms with E-state index in [9.17, 15) is 9.18 Å². The van der Waals surface area contributed by atoms with Gasteiger partial charge in [-0.1, -0.05) is 0 Å². The zero-order valence-electron chi connectivity index (χ0n) is 12.8. The summed E-state index contributed by atoms with van der Waals surface area (Å²) in [5, 5.41) is 5.80. The van der Waals surface area contributed by atoms with E-state index in [2.05, 4.69) is 10.6 Å². The molecule has 0 saturated heterocycles. The van der Waals surface area contributed by atoms with Crippen molar-refractivity contribution >= 4 is 23.2 Å². The number of carbonyl (C=O) groups is 1. The smallest absolute Gasteiger partial charge is 0.412 e. The summed E-state index contributed by atoms with van der Waals surface area (Å²) in [7, 11) is 0. The molecule has 0 bridgehead atoms. The van der Waals surface area contributed by atoms with Crippen molar-refractivity contribution in [3.8, 4) is 0 Å². The highest BCUT2D eigenvalue weighted by Gasteiger charge is 2.15. The maximum atomic E-state index is 12.8. The molecule has 0 heterocycles. The maximum absolute atomic E-state index is 12.8. The van der Waals surface area contributed by atoms with Crippen molar-refractivity contribution in [2.75, 3.05) is 10.6 Å². The Bertz CT molecular complexity index is 631. The van der Waals surface area contributed by atoms with Crippen LogP contribution in [0.3, 0.4) is 0 Å². The molecule has 2 rings (SSSR count). The summed E-state index contributed by atoms with van der Waals surface area (Å²) in [6, 6.07) is 13.2. The van der Waals surface area contributed by atoms with E-state index >= 15 is 0 Å². The Balaban J connectivity index is 1.95. The SMILES string of the molecule is CC(C)(C)OC(=O)Nc1ccc(Nc2ccc(F)cc2)cc1. The van der Waals surface area contributed by atoms with Crippen LogP contribution in [0.4, 0.5) is 26.2 Å². The van der Waals surface area contributed by atoms with Crippen LogP contribution in [-0.4, -0.2) is 11.7 Å². The standard InChI is InChI=1S/C17H19FN2O2/c1-17(2,3)22-16(21)20-15-10-8-14(9-11-15)19-13-6-4-12(18)5-7-13/h4-11,19H,1-3H3,(H,20,21). The van der Waals surface area contributed by atoms with Gasteiger partial charge in [-0.25, -0.2) is 9.18 Å². The van der Waals surface area contributed by atoms with E-state index in [0.717, 1.165) is 11.4 Å². The van der Waals surface area contributed by atoms with Gasteiger partial charge in [-0.15, -0.1) is 0 Å². The molecule has 0 aromatic heterocycles. The Morgan fingerprint density at radius 1 is 0.909 bits per heavy atom. The lowest BCUT2D eigenvalue weighted by Crippen LogP contribution is -2.27. The fourth-order valence-corrected chi connectivity index (χ4v) is 1.76. The predicted molar refractivity (Wildman–Crippen MR) is 86.0 cm³/mol. The van der Waals surface area contributed by atoms with Crippen LogP contribution < -0.4 is 10.6 Å². The summed E-state index contributed by atoms with van der Waals surface area (Å²) in [6.45, 7) is 5.42. The number of hydrogen-bond donors (Lipinski definition) is 2. The number of ether oxygens (including phenoxy) is 1. The van der Waals surface area contributed by atoms with Crippen LogP contribution in [0.1, 0.15) is 20.8 Å². The van der Waals surface area contributed by atoms with E-state index in [1.807, 2.05) is 32.9 Å². The number of benzene rings is 2. The van der Waals surface area contributed by atoms with Crippen LogP contribution in [0.2, 0.25) is 0 Å². The second-order valence-electron chi connectivity index (χ2n) is 5.84. The van der Waals surface area contributed by atoms with Crippen LogP contribution in [0.5, 0.6) is 0 Å². The van der Waals surface area contributed by atoms with Gasteiger partial charge in [0.2, 0.25) is 0 Å². The van der Waals surface area contributed by atoms with Crippen molar-refractivity contribution in [3.63, 3.8) is 0 Å². The summed E-state index contributed by atoms with van der Waals surface area (Å²) in [6.07, 6.45) is -0.494. The van der Waals surface area contributed by atoms with Crippen molar-refractivity contribution in [2.45, 2.75) is 26.4 Å². The topological polar surface area (TPSA) is 50.4 Å². The molecule has 0 aliphatic carbocycles. The van der Waals surface area contributed by atoms with Gasteiger partial charge in [0, 0.05) is 17.1 Å². The highest BCUT2D eigenvalue weighted by Crippen LogP contribution is 2.19. The molecular formula is C17H19FN2O2. The van der Waals surface area contributed by atoms with Crippen molar-refractivity contribution in [2.24, 2.45) is 0 Å². The number of amides is 1. The second-order valence-corrected chi connectivity index (χ2v) is 5.84. The first-order valence-corrected chi connectivity index (χ1v) is 6.94. The lowest BCUT2D eigenvalue weighted by Gasteiger charge is -2.19. The lowest BCUT2D eigenvalue weighted by atomic mass is 10.2. The van der Waals surface area contributed by atoms with Crippen LogP contribution >= 0.6 is 0 Å². The predicted octanol–water partition coefficient (Wildman–Crippen LogP) is 4.92. The van der Waals surface area contributed by atoms with E-state index in [-0.39, 0.29) is 5.82 Å². The van der Waals surface area contributed by atoms with Gasteiger partial charge >= 0.3 is 6.09 Å². The van der Waals surface area contributed by atoms with Crippen molar-refractivity contribution in [1.29, 1.82) is 0 Å². The van der Waals surface area contributed by atoms with Gasteiger partial charge in [-0.05, 0) is 69.3 Å². The van der Waals surface area contributed by atoms with E-state index in [1.165, 1.54) is 12.1 Å². The highest BCUT2D eigenvalue weighted by atomic mass is 19.1. The summed E-state index contributed by atoms with van der Waals surface area (Å²) in [4.78, 5) is 11.7. The average molecular weight is 302 g/mol. The molecule has 0 unspecified atom stereocenters. The molecule has 0 radical (unpaired) electrons. The minimum Gasteiger partial charge on any atom is -0.444 e. The van der Waals surface area contributed by atoms with Crippen LogP contribution in [-0.2, 0) is 4.74 Å². The summed E-state index contributed by atoms with van der Waals surface area (Å²) < 4.78 is 18.0. The van der Waals surface area contributed by atoms with Crippen molar-refractivity contribution < 1.29 is 13.9 Å². The Kier molecular flexibility index (Phi) is 4.65. The molecule has 0 aliphatic heterocycles. The zero-order chi connectivity index (χ0) is 16.2. The minimum absolute atomic E-state index is 0.276. The first kappa shape index (κ1) is 15.8. The Hall–Kier alpha value is -2.56. The molecule has 0 aliphatic rings. The fraction of sp³-hybridized carbons (Fsp3) is 0.235. The van der Waals surface area contributed by atoms with Crippen molar-refractivity contribution in [3.05, 3.63) is 54.3 Å². The van der Waals surface area contributed by atoms with Gasteiger partial charge in [0.25, 0.3) is 0 Å². The van der Waals surface area contributed by atoms with E-state index in [1.54, 1.807) is 24.3 Å². The molecule has 22 heavy (non-hydrogen) atoms. The fourth-order valence-electron chi connectivity index (χ4n) is 1.76. The second kappa shape index (κ2) is 6.47. The molecule has 0 atom stereocenters. The molecule has 2 N–H and O–H groups in total. The summed E-state index contributed by atoms with van der Waals surface area (Å²) >= 11 is 0. The normalized spacial score (nSPS) is 10.9. The Morgan fingerprint density at radius 3 is 1.86 bits per heavy atom. The molecule has 5 heteroatoms. The number of rotatable bonds is 3. The number of anilines is 3. The molecule has 2 aromatic rings. The molecular weight excluding hydrogens is 283 g/mol. The van der Waals surface area contributed by atoms with Gasteiger partial charge in [0.05, 0.1) is 0 Å². The van der Waals surface area contributed by atoms with E-state index in [4.69, 9.17) is 4.74 Å². The van der Waals surface area contributed by atoms with E-state index < -0.39 is 11.7 Å².